The lowest BCUT2D eigenvalue weighted by atomic mass is 10.1. The molecular formula is C18H20F4O3. The normalized spacial score (nSPS) is 19.7. The van der Waals surface area contributed by atoms with Crippen molar-refractivity contribution in [3.8, 4) is 0 Å². The van der Waals surface area contributed by atoms with E-state index in [1.165, 1.54) is 0 Å². The summed E-state index contributed by atoms with van der Waals surface area (Å²) in [6, 6.07) is 0. The van der Waals surface area contributed by atoms with E-state index in [2.05, 4.69) is 4.74 Å². The molecule has 1 aliphatic carbocycles. The Morgan fingerprint density at radius 3 is 2.08 bits per heavy atom. The molecule has 0 amide bonds. The van der Waals surface area contributed by atoms with Crippen LogP contribution < -0.4 is 0 Å². The summed E-state index contributed by atoms with van der Waals surface area (Å²) in [5.74, 6) is -6.90. The molecule has 2 rings (SSSR count). The Labute approximate surface area is 143 Å². The standard InChI is InChI=1S/C18H20F4O3/c1-9(2)4-5-10-6-11(10)18(23)25-8-13-16(21)14(19)12(7-24-3)15(20)17(13)22/h4-5,9-11H,6-8H2,1-3H3. The van der Waals surface area contributed by atoms with Gasteiger partial charge in [-0.3, -0.25) is 4.79 Å². The first kappa shape index (κ1) is 19.4. The van der Waals surface area contributed by atoms with Gasteiger partial charge in [0.05, 0.1) is 23.7 Å². The summed E-state index contributed by atoms with van der Waals surface area (Å²) in [5.41, 5.74) is -1.79. The third kappa shape index (κ3) is 4.39. The number of rotatable bonds is 7. The van der Waals surface area contributed by atoms with Crippen LogP contribution in [0, 0.1) is 41.0 Å². The van der Waals surface area contributed by atoms with Crippen LogP contribution in [-0.2, 0) is 27.5 Å². The van der Waals surface area contributed by atoms with E-state index in [0.29, 0.717) is 12.3 Å². The molecule has 1 aliphatic rings. The molecule has 1 fully saturated rings. The Balaban J connectivity index is 2.05. The lowest BCUT2D eigenvalue weighted by molar-refractivity contribution is -0.146. The summed E-state index contributed by atoms with van der Waals surface area (Å²) in [5, 5.41) is 0. The number of carbonyl (C=O) groups excluding carboxylic acids is 1. The van der Waals surface area contributed by atoms with E-state index in [1.54, 1.807) is 0 Å². The lowest BCUT2D eigenvalue weighted by Crippen LogP contribution is -2.14. The summed E-state index contributed by atoms with van der Waals surface area (Å²) in [7, 11) is 1.14. The average molecular weight is 360 g/mol. The molecule has 0 saturated heterocycles. The molecule has 0 N–H and O–H groups in total. The number of ether oxygens (including phenoxy) is 2. The number of hydrogen-bond donors (Lipinski definition) is 0. The molecule has 3 nitrogen and oxygen atoms in total. The zero-order valence-electron chi connectivity index (χ0n) is 14.2. The average Bonchev–Trinajstić information content (AvgIpc) is 3.34. The van der Waals surface area contributed by atoms with Crippen LogP contribution in [0.25, 0.3) is 0 Å². The number of allylic oxidation sites excluding steroid dienone is 2. The third-order valence-electron chi connectivity index (χ3n) is 3.98. The molecule has 2 atom stereocenters. The summed E-state index contributed by atoms with van der Waals surface area (Å²) in [6.45, 7) is 2.51. The fraction of sp³-hybridized carbons (Fsp3) is 0.500. The fourth-order valence-electron chi connectivity index (χ4n) is 2.43. The zero-order chi connectivity index (χ0) is 18.7. The molecule has 0 radical (unpaired) electrons. The maximum atomic E-state index is 13.9. The van der Waals surface area contributed by atoms with Gasteiger partial charge in [-0.25, -0.2) is 17.6 Å². The monoisotopic (exact) mass is 360 g/mol. The molecule has 0 bridgehead atoms. The number of halogens is 4. The Morgan fingerprint density at radius 1 is 1.08 bits per heavy atom. The van der Waals surface area contributed by atoms with Gasteiger partial charge in [-0.15, -0.1) is 0 Å². The summed E-state index contributed by atoms with van der Waals surface area (Å²) < 4.78 is 64.9. The van der Waals surface area contributed by atoms with Crippen LogP contribution in [0.5, 0.6) is 0 Å². The number of hydrogen-bond acceptors (Lipinski definition) is 3. The summed E-state index contributed by atoms with van der Waals surface area (Å²) in [4.78, 5) is 11.9. The molecule has 25 heavy (non-hydrogen) atoms. The molecule has 0 spiro atoms. The van der Waals surface area contributed by atoms with Crippen LogP contribution in [-0.4, -0.2) is 13.1 Å². The highest BCUT2D eigenvalue weighted by atomic mass is 19.2. The Hall–Kier alpha value is -1.89. The van der Waals surface area contributed by atoms with Crippen LogP contribution in [0.1, 0.15) is 31.4 Å². The van der Waals surface area contributed by atoms with Gasteiger partial charge < -0.3 is 9.47 Å². The first-order chi connectivity index (χ1) is 11.8. The number of carbonyl (C=O) groups is 1. The fourth-order valence-corrected chi connectivity index (χ4v) is 2.43. The second-order valence-corrected chi connectivity index (χ2v) is 6.39. The van der Waals surface area contributed by atoms with Gasteiger partial charge in [0, 0.05) is 7.11 Å². The van der Waals surface area contributed by atoms with Crippen LogP contribution >= 0.6 is 0 Å². The van der Waals surface area contributed by atoms with E-state index in [-0.39, 0.29) is 11.8 Å². The Kier molecular flexibility index (Phi) is 6.21. The second kappa shape index (κ2) is 7.99. The first-order valence-corrected chi connectivity index (χ1v) is 7.95. The SMILES string of the molecule is COCc1c(F)c(F)c(COC(=O)C2CC2C=CC(C)C)c(F)c1F. The Bertz CT molecular complexity index is 656. The van der Waals surface area contributed by atoms with E-state index in [1.807, 2.05) is 26.0 Å². The predicted molar refractivity (Wildman–Crippen MR) is 82.4 cm³/mol. The molecule has 0 heterocycles. The minimum atomic E-state index is -1.58. The highest BCUT2D eigenvalue weighted by molar-refractivity contribution is 5.76. The topological polar surface area (TPSA) is 35.5 Å². The van der Waals surface area contributed by atoms with E-state index < -0.39 is 53.6 Å². The lowest BCUT2D eigenvalue weighted by Gasteiger charge is -2.12. The van der Waals surface area contributed by atoms with Gasteiger partial charge in [-0.05, 0) is 18.3 Å². The van der Waals surface area contributed by atoms with Crippen molar-refractivity contribution in [3.63, 3.8) is 0 Å². The van der Waals surface area contributed by atoms with Crippen molar-refractivity contribution in [1.29, 1.82) is 0 Å². The second-order valence-electron chi connectivity index (χ2n) is 6.39. The highest BCUT2D eigenvalue weighted by Gasteiger charge is 2.42. The summed E-state index contributed by atoms with van der Waals surface area (Å²) in [6.07, 6.45) is 4.44. The number of benzene rings is 1. The van der Waals surface area contributed by atoms with E-state index in [0.717, 1.165) is 7.11 Å². The zero-order valence-corrected chi connectivity index (χ0v) is 14.2. The molecule has 1 aromatic carbocycles. The number of esters is 1. The highest BCUT2D eigenvalue weighted by Crippen LogP contribution is 2.41. The summed E-state index contributed by atoms with van der Waals surface area (Å²) >= 11 is 0. The van der Waals surface area contributed by atoms with Crippen molar-refractivity contribution in [2.45, 2.75) is 33.5 Å². The number of methoxy groups -OCH3 is 1. The minimum Gasteiger partial charge on any atom is -0.460 e. The smallest absolute Gasteiger partial charge is 0.309 e. The van der Waals surface area contributed by atoms with E-state index in [4.69, 9.17) is 4.74 Å². The molecular weight excluding hydrogens is 340 g/mol. The van der Waals surface area contributed by atoms with Crippen molar-refractivity contribution in [2.75, 3.05) is 7.11 Å². The van der Waals surface area contributed by atoms with Crippen molar-refractivity contribution in [1.82, 2.24) is 0 Å². The van der Waals surface area contributed by atoms with Crippen molar-refractivity contribution < 1.29 is 31.8 Å². The molecule has 7 heteroatoms. The van der Waals surface area contributed by atoms with Gasteiger partial charge in [0.25, 0.3) is 0 Å². The van der Waals surface area contributed by atoms with Gasteiger partial charge in [-0.2, -0.15) is 0 Å². The van der Waals surface area contributed by atoms with Crippen molar-refractivity contribution >= 4 is 5.97 Å². The van der Waals surface area contributed by atoms with E-state index in [9.17, 15) is 22.4 Å². The molecule has 0 aromatic heterocycles. The molecule has 0 aliphatic heterocycles. The quantitative estimate of drug-likeness (QED) is 0.315. The van der Waals surface area contributed by atoms with Gasteiger partial charge in [0.15, 0.2) is 23.3 Å². The van der Waals surface area contributed by atoms with Crippen LogP contribution in [0.15, 0.2) is 12.2 Å². The van der Waals surface area contributed by atoms with Crippen molar-refractivity contribution in [2.24, 2.45) is 17.8 Å². The minimum absolute atomic E-state index is 0.0298. The predicted octanol–water partition coefficient (Wildman–Crippen LogP) is 4.28. The molecule has 1 saturated carbocycles. The van der Waals surface area contributed by atoms with Gasteiger partial charge in [-0.1, -0.05) is 26.0 Å². The maximum Gasteiger partial charge on any atom is 0.309 e. The van der Waals surface area contributed by atoms with Gasteiger partial charge >= 0.3 is 5.97 Å². The van der Waals surface area contributed by atoms with Gasteiger partial charge in [0.1, 0.15) is 6.61 Å². The molecule has 2 unspecified atom stereocenters. The van der Waals surface area contributed by atoms with Crippen LogP contribution in [0.3, 0.4) is 0 Å². The third-order valence-corrected chi connectivity index (χ3v) is 3.98. The van der Waals surface area contributed by atoms with Crippen LogP contribution in [0.4, 0.5) is 17.6 Å². The molecule has 1 aromatic rings. The van der Waals surface area contributed by atoms with Gasteiger partial charge in [0.2, 0.25) is 0 Å². The maximum absolute atomic E-state index is 13.9. The first-order valence-electron chi connectivity index (χ1n) is 7.95. The molecule has 138 valence electrons. The Morgan fingerprint density at radius 2 is 1.60 bits per heavy atom. The van der Waals surface area contributed by atoms with Crippen LogP contribution in [0.2, 0.25) is 0 Å². The van der Waals surface area contributed by atoms with Crippen molar-refractivity contribution in [3.05, 3.63) is 46.5 Å². The van der Waals surface area contributed by atoms with E-state index >= 15 is 0 Å². The largest absolute Gasteiger partial charge is 0.460 e.